The van der Waals surface area contributed by atoms with Gasteiger partial charge in [-0.1, -0.05) is 11.6 Å². The van der Waals surface area contributed by atoms with Gasteiger partial charge < -0.3 is 10.1 Å². The van der Waals surface area contributed by atoms with E-state index in [0.29, 0.717) is 0 Å². The summed E-state index contributed by atoms with van der Waals surface area (Å²) < 4.78 is 5.23. The van der Waals surface area contributed by atoms with Crippen molar-refractivity contribution < 1.29 is 4.74 Å². The Labute approximate surface area is 84.7 Å². The topological polar surface area (TPSA) is 21.3 Å². The molecule has 1 unspecified atom stereocenters. The molecular weight excluding hydrogens is 182 g/mol. The van der Waals surface area contributed by atoms with Crippen LogP contribution in [0.4, 0.5) is 0 Å². The van der Waals surface area contributed by atoms with Crippen LogP contribution in [0.25, 0.3) is 0 Å². The second-order valence-electron chi connectivity index (χ2n) is 2.94. The molecule has 1 atom stereocenters. The molecule has 0 fully saturated rings. The molecule has 13 heavy (non-hydrogen) atoms. The number of aryl methyl sites for hydroxylation is 1. The molecule has 1 N–H and O–H groups in total. The predicted octanol–water partition coefficient (Wildman–Crippen LogP) is 2.15. The van der Waals surface area contributed by atoms with E-state index in [0.717, 1.165) is 11.3 Å². The van der Waals surface area contributed by atoms with Crippen LogP contribution in [0.2, 0.25) is 0 Å². The fourth-order valence-corrected chi connectivity index (χ4v) is 1.42. The first kappa shape index (κ1) is 10.4. The average Bonchev–Trinajstić information content (AvgIpc) is 2.16. The Morgan fingerprint density at radius 3 is 2.69 bits per heavy atom. The second-order valence-corrected chi connectivity index (χ2v) is 3.45. The number of nitrogens with one attached hydrogen (secondary N) is 1. The van der Waals surface area contributed by atoms with Crippen LogP contribution in [0, 0.1) is 6.92 Å². The Bertz CT molecular complexity index is 288. The summed E-state index contributed by atoms with van der Waals surface area (Å²) in [6.07, 6.45) is 0. The normalized spacial score (nSPS) is 12.6. The number of rotatable bonds is 3. The maximum atomic E-state index is 5.23. The number of hydrogen-bond donors (Lipinski definition) is 2. The Balaban J connectivity index is 3.07. The third kappa shape index (κ3) is 2.39. The van der Waals surface area contributed by atoms with E-state index >= 15 is 0 Å². The van der Waals surface area contributed by atoms with Crippen molar-refractivity contribution in [3.05, 3.63) is 29.3 Å². The minimum Gasteiger partial charge on any atom is -0.496 e. The first-order valence-corrected chi connectivity index (χ1v) is 4.70. The van der Waals surface area contributed by atoms with E-state index in [4.69, 9.17) is 4.74 Å². The van der Waals surface area contributed by atoms with Gasteiger partial charge in [-0.25, -0.2) is 0 Å². The van der Waals surface area contributed by atoms with Crippen LogP contribution >= 0.6 is 12.6 Å². The van der Waals surface area contributed by atoms with E-state index in [1.165, 1.54) is 5.56 Å². The van der Waals surface area contributed by atoms with Crippen molar-refractivity contribution >= 4 is 12.6 Å². The van der Waals surface area contributed by atoms with Gasteiger partial charge in [-0.05, 0) is 26.1 Å². The molecule has 0 aliphatic carbocycles. The van der Waals surface area contributed by atoms with Gasteiger partial charge in [0.15, 0.2) is 0 Å². The number of methoxy groups -OCH3 is 1. The molecular formula is C10H15NOS. The molecule has 1 aromatic carbocycles. The molecule has 72 valence electrons. The lowest BCUT2D eigenvalue weighted by atomic mass is 10.1. The minimum absolute atomic E-state index is 0.0230. The smallest absolute Gasteiger partial charge is 0.124 e. The van der Waals surface area contributed by atoms with Crippen molar-refractivity contribution in [3.63, 3.8) is 0 Å². The number of benzene rings is 1. The van der Waals surface area contributed by atoms with Crippen molar-refractivity contribution in [1.29, 1.82) is 0 Å². The third-order valence-electron chi connectivity index (χ3n) is 1.95. The Kier molecular flexibility index (Phi) is 3.63. The molecule has 2 nitrogen and oxygen atoms in total. The molecule has 0 amide bonds. The molecule has 0 aliphatic heterocycles. The zero-order valence-corrected chi connectivity index (χ0v) is 9.06. The summed E-state index contributed by atoms with van der Waals surface area (Å²) >= 11 is 4.40. The minimum atomic E-state index is 0.0230. The fraction of sp³-hybridized carbons (Fsp3) is 0.400. The molecule has 0 aromatic heterocycles. The van der Waals surface area contributed by atoms with Crippen molar-refractivity contribution in [2.24, 2.45) is 0 Å². The quantitative estimate of drug-likeness (QED) is 0.572. The highest BCUT2D eigenvalue weighted by molar-refractivity contribution is 7.80. The fourth-order valence-electron chi connectivity index (χ4n) is 1.22. The SMILES string of the molecule is CNC(S)c1cc(C)ccc1OC. The summed E-state index contributed by atoms with van der Waals surface area (Å²) in [5, 5.41) is 3.09. The van der Waals surface area contributed by atoms with Crippen LogP contribution in [-0.4, -0.2) is 14.2 Å². The maximum Gasteiger partial charge on any atom is 0.124 e. The number of hydrogen-bond acceptors (Lipinski definition) is 3. The van der Waals surface area contributed by atoms with E-state index in [1.54, 1.807) is 7.11 Å². The van der Waals surface area contributed by atoms with Crippen molar-refractivity contribution in [3.8, 4) is 5.75 Å². The molecule has 3 heteroatoms. The standard InChI is InChI=1S/C10H15NOS/c1-7-4-5-9(12-3)8(6-7)10(13)11-2/h4-6,10-11,13H,1-3H3. The Hall–Kier alpha value is -0.670. The van der Waals surface area contributed by atoms with Gasteiger partial charge >= 0.3 is 0 Å². The van der Waals surface area contributed by atoms with Crippen LogP contribution in [0.1, 0.15) is 16.5 Å². The summed E-state index contributed by atoms with van der Waals surface area (Å²) in [7, 11) is 3.55. The van der Waals surface area contributed by atoms with E-state index in [9.17, 15) is 0 Å². The van der Waals surface area contributed by atoms with Gasteiger partial charge in [0.1, 0.15) is 5.75 Å². The van der Waals surface area contributed by atoms with Crippen molar-refractivity contribution in [2.75, 3.05) is 14.2 Å². The highest BCUT2D eigenvalue weighted by Gasteiger charge is 2.09. The zero-order chi connectivity index (χ0) is 9.84. The van der Waals surface area contributed by atoms with Gasteiger partial charge in [-0.2, -0.15) is 12.6 Å². The molecule has 0 spiro atoms. The number of ether oxygens (including phenoxy) is 1. The highest BCUT2D eigenvalue weighted by Crippen LogP contribution is 2.27. The van der Waals surface area contributed by atoms with Gasteiger partial charge in [0, 0.05) is 5.56 Å². The van der Waals surface area contributed by atoms with Crippen LogP contribution in [0.15, 0.2) is 18.2 Å². The van der Waals surface area contributed by atoms with Gasteiger partial charge in [-0.3, -0.25) is 0 Å². The monoisotopic (exact) mass is 197 g/mol. The second kappa shape index (κ2) is 4.53. The van der Waals surface area contributed by atoms with Crippen LogP contribution in [0.3, 0.4) is 0 Å². The maximum absolute atomic E-state index is 5.23. The largest absolute Gasteiger partial charge is 0.496 e. The van der Waals surface area contributed by atoms with E-state index in [-0.39, 0.29) is 5.37 Å². The summed E-state index contributed by atoms with van der Waals surface area (Å²) in [6.45, 7) is 2.05. The first-order chi connectivity index (χ1) is 6.19. The van der Waals surface area contributed by atoms with Crippen LogP contribution in [0.5, 0.6) is 5.75 Å². The highest BCUT2D eigenvalue weighted by atomic mass is 32.1. The van der Waals surface area contributed by atoms with Gasteiger partial charge in [0.25, 0.3) is 0 Å². The van der Waals surface area contributed by atoms with Gasteiger partial charge in [0.2, 0.25) is 0 Å². The van der Waals surface area contributed by atoms with Crippen molar-refractivity contribution in [2.45, 2.75) is 12.3 Å². The lowest BCUT2D eigenvalue weighted by molar-refractivity contribution is 0.408. The lowest BCUT2D eigenvalue weighted by Crippen LogP contribution is -2.11. The Morgan fingerprint density at radius 2 is 2.15 bits per heavy atom. The number of thiol groups is 1. The van der Waals surface area contributed by atoms with Crippen molar-refractivity contribution in [1.82, 2.24) is 5.32 Å². The summed E-state index contributed by atoms with van der Waals surface area (Å²) in [4.78, 5) is 0. The Morgan fingerprint density at radius 1 is 1.46 bits per heavy atom. The lowest BCUT2D eigenvalue weighted by Gasteiger charge is -2.14. The zero-order valence-electron chi connectivity index (χ0n) is 8.16. The molecule has 0 saturated heterocycles. The molecule has 1 aromatic rings. The molecule has 0 bridgehead atoms. The van der Waals surface area contributed by atoms with E-state index in [2.05, 4.69) is 30.9 Å². The summed E-state index contributed by atoms with van der Waals surface area (Å²) in [5.41, 5.74) is 2.29. The average molecular weight is 197 g/mol. The van der Waals surface area contributed by atoms with E-state index < -0.39 is 0 Å². The molecule has 0 aliphatic rings. The molecule has 1 rings (SSSR count). The summed E-state index contributed by atoms with van der Waals surface area (Å²) in [5.74, 6) is 0.875. The predicted molar refractivity (Wildman–Crippen MR) is 58.5 cm³/mol. The van der Waals surface area contributed by atoms with E-state index in [1.807, 2.05) is 19.2 Å². The molecule has 0 saturated carbocycles. The first-order valence-electron chi connectivity index (χ1n) is 4.19. The molecule has 0 radical (unpaired) electrons. The van der Waals surface area contributed by atoms with Crippen LogP contribution in [-0.2, 0) is 0 Å². The van der Waals surface area contributed by atoms with Gasteiger partial charge in [0.05, 0.1) is 12.5 Å². The summed E-state index contributed by atoms with van der Waals surface area (Å²) in [6, 6.07) is 6.07. The molecule has 0 heterocycles. The van der Waals surface area contributed by atoms with Gasteiger partial charge in [-0.15, -0.1) is 0 Å². The van der Waals surface area contributed by atoms with Crippen LogP contribution < -0.4 is 10.1 Å². The third-order valence-corrected chi connectivity index (χ3v) is 2.49.